The number of benzene rings is 2. The second kappa shape index (κ2) is 5.60. The molecule has 0 bridgehead atoms. The van der Waals surface area contributed by atoms with Gasteiger partial charge in [0.25, 0.3) is 5.91 Å². The summed E-state index contributed by atoms with van der Waals surface area (Å²) in [6.07, 6.45) is 2.95. The summed E-state index contributed by atoms with van der Waals surface area (Å²) in [6, 6.07) is 13.7. The van der Waals surface area contributed by atoms with Gasteiger partial charge in [0.1, 0.15) is 0 Å². The van der Waals surface area contributed by atoms with Crippen LogP contribution in [0.1, 0.15) is 34.8 Å². The van der Waals surface area contributed by atoms with Gasteiger partial charge in [-0.15, -0.1) is 0 Å². The number of hydrogen-bond donors (Lipinski definition) is 1. The van der Waals surface area contributed by atoms with E-state index in [-0.39, 0.29) is 5.91 Å². The number of carbonyl (C=O) groups excluding carboxylic acids is 1. The minimum Gasteiger partial charge on any atom is -0.399 e. The maximum absolute atomic E-state index is 12.7. The number of hydrogen-bond acceptors (Lipinski definition) is 2. The monoisotopic (exact) mass is 280 g/mol. The third-order valence-electron chi connectivity index (χ3n) is 4.08. The number of rotatable bonds is 2. The van der Waals surface area contributed by atoms with Gasteiger partial charge >= 0.3 is 0 Å². The maximum Gasteiger partial charge on any atom is 0.258 e. The third kappa shape index (κ3) is 2.64. The summed E-state index contributed by atoms with van der Waals surface area (Å²) in [5.74, 6) is 0.0726. The van der Waals surface area contributed by atoms with Crippen molar-refractivity contribution in [3.63, 3.8) is 0 Å². The van der Waals surface area contributed by atoms with Gasteiger partial charge in [-0.1, -0.05) is 19.1 Å². The van der Waals surface area contributed by atoms with Crippen LogP contribution in [0.25, 0.3) is 0 Å². The zero-order valence-electron chi connectivity index (χ0n) is 12.3. The standard InChI is InChI=1S/C18H20N2O/c1-2-13-5-7-14(8-6-13)18(21)20-11-3-4-15-12-16(19)9-10-17(15)20/h5-10,12H,2-4,11,19H2,1H3. The maximum atomic E-state index is 12.7. The van der Waals surface area contributed by atoms with E-state index in [1.54, 1.807) is 0 Å². The van der Waals surface area contributed by atoms with E-state index in [2.05, 4.69) is 6.92 Å². The van der Waals surface area contributed by atoms with Crippen molar-refractivity contribution in [3.05, 3.63) is 59.2 Å². The van der Waals surface area contributed by atoms with Crippen molar-refractivity contribution in [3.8, 4) is 0 Å². The lowest BCUT2D eigenvalue weighted by Gasteiger charge is -2.29. The molecule has 0 fully saturated rings. The molecule has 0 radical (unpaired) electrons. The minimum atomic E-state index is 0.0726. The summed E-state index contributed by atoms with van der Waals surface area (Å²) in [7, 11) is 0. The molecule has 0 atom stereocenters. The molecule has 2 N–H and O–H groups in total. The quantitative estimate of drug-likeness (QED) is 0.857. The summed E-state index contributed by atoms with van der Waals surface area (Å²) < 4.78 is 0. The molecule has 1 amide bonds. The van der Waals surface area contributed by atoms with Crippen LogP contribution in [0, 0.1) is 0 Å². The second-order valence-electron chi connectivity index (χ2n) is 5.50. The van der Waals surface area contributed by atoms with Crippen LogP contribution in [0.5, 0.6) is 0 Å². The number of nitrogens with zero attached hydrogens (tertiary/aromatic N) is 1. The fourth-order valence-corrected chi connectivity index (χ4v) is 2.87. The van der Waals surface area contributed by atoms with Crippen LogP contribution < -0.4 is 10.6 Å². The van der Waals surface area contributed by atoms with E-state index < -0.39 is 0 Å². The molecular weight excluding hydrogens is 260 g/mol. The highest BCUT2D eigenvalue weighted by Gasteiger charge is 2.23. The Morgan fingerprint density at radius 2 is 1.95 bits per heavy atom. The minimum absolute atomic E-state index is 0.0726. The Hall–Kier alpha value is -2.29. The van der Waals surface area contributed by atoms with Gasteiger partial charge < -0.3 is 10.6 Å². The number of fused-ring (bicyclic) bond motifs is 1. The summed E-state index contributed by atoms with van der Waals surface area (Å²) in [4.78, 5) is 14.6. The number of amides is 1. The smallest absolute Gasteiger partial charge is 0.258 e. The van der Waals surface area contributed by atoms with Crippen molar-refractivity contribution in [2.45, 2.75) is 26.2 Å². The Morgan fingerprint density at radius 3 is 2.67 bits per heavy atom. The highest BCUT2D eigenvalue weighted by molar-refractivity contribution is 6.06. The van der Waals surface area contributed by atoms with E-state index in [1.807, 2.05) is 47.4 Å². The Balaban J connectivity index is 1.92. The average molecular weight is 280 g/mol. The topological polar surface area (TPSA) is 46.3 Å². The summed E-state index contributed by atoms with van der Waals surface area (Å²) in [6.45, 7) is 2.88. The summed E-state index contributed by atoms with van der Waals surface area (Å²) >= 11 is 0. The first-order valence-corrected chi connectivity index (χ1v) is 7.48. The molecule has 0 aromatic heterocycles. The van der Waals surface area contributed by atoms with Crippen molar-refractivity contribution < 1.29 is 4.79 Å². The van der Waals surface area contributed by atoms with Gasteiger partial charge in [-0.05, 0) is 60.7 Å². The Bertz CT molecular complexity index is 661. The Morgan fingerprint density at radius 1 is 1.19 bits per heavy atom. The second-order valence-corrected chi connectivity index (χ2v) is 5.50. The molecule has 0 spiro atoms. The van der Waals surface area contributed by atoms with Gasteiger partial charge in [0.15, 0.2) is 0 Å². The summed E-state index contributed by atoms with van der Waals surface area (Å²) in [5, 5.41) is 0. The van der Waals surface area contributed by atoms with E-state index in [0.717, 1.165) is 42.7 Å². The lowest BCUT2D eigenvalue weighted by Crippen LogP contribution is -2.35. The molecule has 0 saturated carbocycles. The fraction of sp³-hybridized carbons (Fsp3) is 0.278. The third-order valence-corrected chi connectivity index (χ3v) is 4.08. The van der Waals surface area contributed by atoms with Crippen LogP contribution in [-0.2, 0) is 12.8 Å². The van der Waals surface area contributed by atoms with Crippen LogP contribution in [0.2, 0.25) is 0 Å². The first kappa shape index (κ1) is 13.7. The molecular formula is C18H20N2O. The first-order valence-electron chi connectivity index (χ1n) is 7.48. The number of nitrogens with two attached hydrogens (primary N) is 1. The van der Waals surface area contributed by atoms with E-state index in [0.29, 0.717) is 0 Å². The predicted octanol–water partition coefficient (Wildman–Crippen LogP) is 3.42. The number of nitrogen functional groups attached to an aromatic ring is 1. The van der Waals surface area contributed by atoms with Crippen molar-refractivity contribution in [1.82, 2.24) is 0 Å². The number of aryl methyl sites for hydroxylation is 2. The van der Waals surface area contributed by atoms with E-state index in [1.165, 1.54) is 11.1 Å². The van der Waals surface area contributed by atoms with E-state index in [4.69, 9.17) is 5.73 Å². The van der Waals surface area contributed by atoms with Gasteiger partial charge in [-0.2, -0.15) is 0 Å². The molecule has 0 unspecified atom stereocenters. The van der Waals surface area contributed by atoms with Crippen molar-refractivity contribution in [2.75, 3.05) is 17.2 Å². The molecule has 2 aromatic carbocycles. The molecule has 1 aliphatic rings. The van der Waals surface area contributed by atoms with Crippen molar-refractivity contribution >= 4 is 17.3 Å². The van der Waals surface area contributed by atoms with Gasteiger partial charge in [-0.25, -0.2) is 0 Å². The van der Waals surface area contributed by atoms with Gasteiger partial charge in [-0.3, -0.25) is 4.79 Å². The zero-order valence-corrected chi connectivity index (χ0v) is 12.3. The molecule has 21 heavy (non-hydrogen) atoms. The van der Waals surface area contributed by atoms with Crippen LogP contribution in [-0.4, -0.2) is 12.5 Å². The molecule has 3 rings (SSSR count). The lowest BCUT2D eigenvalue weighted by atomic mass is 10.00. The largest absolute Gasteiger partial charge is 0.399 e. The highest BCUT2D eigenvalue weighted by atomic mass is 16.2. The number of carbonyl (C=O) groups is 1. The molecule has 0 saturated heterocycles. The van der Waals surface area contributed by atoms with Gasteiger partial charge in [0, 0.05) is 23.5 Å². The van der Waals surface area contributed by atoms with Crippen LogP contribution in [0.4, 0.5) is 11.4 Å². The normalized spacial score (nSPS) is 13.9. The van der Waals surface area contributed by atoms with Crippen LogP contribution >= 0.6 is 0 Å². The van der Waals surface area contributed by atoms with E-state index >= 15 is 0 Å². The Kier molecular flexibility index (Phi) is 3.65. The molecule has 3 heteroatoms. The molecule has 1 aliphatic heterocycles. The molecule has 108 valence electrons. The SMILES string of the molecule is CCc1ccc(C(=O)N2CCCc3cc(N)ccc32)cc1. The molecule has 1 heterocycles. The highest BCUT2D eigenvalue weighted by Crippen LogP contribution is 2.30. The van der Waals surface area contributed by atoms with Crippen LogP contribution in [0.3, 0.4) is 0 Å². The van der Waals surface area contributed by atoms with Gasteiger partial charge in [0.05, 0.1) is 0 Å². The predicted molar refractivity (Wildman–Crippen MR) is 86.7 cm³/mol. The molecule has 2 aromatic rings. The first-order chi connectivity index (χ1) is 10.2. The van der Waals surface area contributed by atoms with Crippen molar-refractivity contribution in [2.24, 2.45) is 0 Å². The Labute approximate surface area is 125 Å². The zero-order chi connectivity index (χ0) is 14.8. The number of anilines is 2. The molecule has 0 aliphatic carbocycles. The van der Waals surface area contributed by atoms with Crippen molar-refractivity contribution in [1.29, 1.82) is 0 Å². The van der Waals surface area contributed by atoms with Crippen LogP contribution in [0.15, 0.2) is 42.5 Å². The average Bonchev–Trinajstić information content (AvgIpc) is 2.53. The molecule has 3 nitrogen and oxygen atoms in total. The van der Waals surface area contributed by atoms with E-state index in [9.17, 15) is 4.79 Å². The van der Waals surface area contributed by atoms with Gasteiger partial charge in [0.2, 0.25) is 0 Å². The summed E-state index contributed by atoms with van der Waals surface area (Å²) in [5.41, 5.74) is 10.8. The lowest BCUT2D eigenvalue weighted by molar-refractivity contribution is 0.0985. The fourth-order valence-electron chi connectivity index (χ4n) is 2.87.